The number of carbonyl (C=O) groups excluding carboxylic acids is 1. The molecule has 0 saturated carbocycles. The van der Waals surface area contributed by atoms with E-state index in [4.69, 9.17) is 9.84 Å². The van der Waals surface area contributed by atoms with Crippen LogP contribution in [0.2, 0.25) is 0 Å². The van der Waals surface area contributed by atoms with Crippen molar-refractivity contribution in [2.75, 3.05) is 33.4 Å². The highest BCUT2D eigenvalue weighted by atomic mass is 16.5. The van der Waals surface area contributed by atoms with Crippen molar-refractivity contribution in [3.8, 4) is 11.8 Å². The summed E-state index contributed by atoms with van der Waals surface area (Å²) in [5.74, 6) is 5.56. The van der Waals surface area contributed by atoms with Gasteiger partial charge in [0, 0.05) is 39.0 Å². The molecule has 1 N–H and O–H groups in total. The van der Waals surface area contributed by atoms with E-state index in [-0.39, 0.29) is 12.5 Å². The van der Waals surface area contributed by atoms with E-state index in [2.05, 4.69) is 16.8 Å². The summed E-state index contributed by atoms with van der Waals surface area (Å²) in [4.78, 5) is 17.9. The predicted octanol–water partition coefficient (Wildman–Crippen LogP) is 0.924. The lowest BCUT2D eigenvalue weighted by molar-refractivity contribution is 0.0709. The summed E-state index contributed by atoms with van der Waals surface area (Å²) in [6.07, 6.45) is 3.51. The molecule has 1 heterocycles. The van der Waals surface area contributed by atoms with E-state index in [1.807, 2.05) is 6.92 Å². The van der Waals surface area contributed by atoms with Crippen molar-refractivity contribution in [1.82, 2.24) is 9.88 Å². The molecular weight excluding hydrogens is 256 g/mol. The SMILES string of the molecule is CCOCCN(C)C(=O)c1ccncc1C#CCCO. The zero-order valence-electron chi connectivity index (χ0n) is 11.9. The number of carbonyl (C=O) groups is 1. The molecule has 0 atom stereocenters. The highest BCUT2D eigenvalue weighted by Gasteiger charge is 2.14. The fourth-order valence-corrected chi connectivity index (χ4v) is 1.55. The van der Waals surface area contributed by atoms with Gasteiger partial charge in [-0.25, -0.2) is 0 Å². The average molecular weight is 276 g/mol. The van der Waals surface area contributed by atoms with Gasteiger partial charge in [0.15, 0.2) is 0 Å². The standard InChI is InChI=1S/C15H20N2O3/c1-3-20-11-9-17(2)15(19)14-7-8-16-12-13(14)6-4-5-10-18/h7-8,12,18H,3,5,9-11H2,1-2H3. The van der Waals surface area contributed by atoms with Crippen molar-refractivity contribution in [2.45, 2.75) is 13.3 Å². The summed E-state index contributed by atoms with van der Waals surface area (Å²) >= 11 is 0. The molecule has 0 fully saturated rings. The van der Waals surface area contributed by atoms with E-state index in [1.165, 1.54) is 0 Å². The summed E-state index contributed by atoms with van der Waals surface area (Å²) in [7, 11) is 1.73. The van der Waals surface area contributed by atoms with Gasteiger partial charge in [0.2, 0.25) is 0 Å². The van der Waals surface area contributed by atoms with Crippen LogP contribution in [-0.2, 0) is 4.74 Å². The Morgan fingerprint density at radius 2 is 2.35 bits per heavy atom. The molecule has 0 spiro atoms. The predicted molar refractivity (Wildman–Crippen MR) is 76.3 cm³/mol. The summed E-state index contributed by atoms with van der Waals surface area (Å²) in [6.45, 7) is 3.59. The topological polar surface area (TPSA) is 62.7 Å². The molecular formula is C15H20N2O3. The molecule has 1 amide bonds. The third-order valence-corrected chi connectivity index (χ3v) is 2.63. The van der Waals surface area contributed by atoms with Gasteiger partial charge < -0.3 is 14.7 Å². The van der Waals surface area contributed by atoms with Crippen LogP contribution in [0.25, 0.3) is 0 Å². The van der Waals surface area contributed by atoms with Crippen LogP contribution >= 0.6 is 0 Å². The second-order valence-electron chi connectivity index (χ2n) is 4.12. The number of hydrogen-bond acceptors (Lipinski definition) is 4. The third kappa shape index (κ3) is 5.00. The fourth-order valence-electron chi connectivity index (χ4n) is 1.55. The highest BCUT2D eigenvalue weighted by molar-refractivity contribution is 5.96. The van der Waals surface area contributed by atoms with Crippen molar-refractivity contribution in [1.29, 1.82) is 0 Å². The Kier molecular flexibility index (Phi) is 7.33. The normalized spacial score (nSPS) is 9.75. The van der Waals surface area contributed by atoms with Crippen molar-refractivity contribution in [3.05, 3.63) is 29.6 Å². The maximum atomic E-state index is 12.3. The van der Waals surface area contributed by atoms with Gasteiger partial charge in [0.1, 0.15) is 0 Å². The number of aromatic nitrogens is 1. The van der Waals surface area contributed by atoms with Crippen LogP contribution in [-0.4, -0.2) is 54.3 Å². The molecule has 0 aliphatic heterocycles. The van der Waals surface area contributed by atoms with Crippen LogP contribution in [0.5, 0.6) is 0 Å². The first-order chi connectivity index (χ1) is 9.70. The molecule has 1 aromatic rings. The van der Waals surface area contributed by atoms with E-state index in [0.717, 1.165) is 0 Å². The molecule has 0 aliphatic rings. The molecule has 5 nitrogen and oxygen atoms in total. The summed E-state index contributed by atoms with van der Waals surface area (Å²) in [5, 5.41) is 8.72. The van der Waals surface area contributed by atoms with E-state index < -0.39 is 0 Å². The van der Waals surface area contributed by atoms with E-state index >= 15 is 0 Å². The van der Waals surface area contributed by atoms with Crippen LogP contribution in [0.3, 0.4) is 0 Å². The minimum Gasteiger partial charge on any atom is -0.395 e. The lowest BCUT2D eigenvalue weighted by atomic mass is 10.1. The molecule has 108 valence electrons. The molecule has 0 bridgehead atoms. The Balaban J connectivity index is 2.79. The number of aliphatic hydroxyl groups is 1. The van der Waals surface area contributed by atoms with E-state index in [1.54, 1.807) is 30.4 Å². The number of nitrogens with zero attached hydrogens (tertiary/aromatic N) is 2. The second kappa shape index (κ2) is 9.08. The number of pyridine rings is 1. The van der Waals surface area contributed by atoms with Gasteiger partial charge in [-0.1, -0.05) is 11.8 Å². The highest BCUT2D eigenvalue weighted by Crippen LogP contribution is 2.08. The molecule has 20 heavy (non-hydrogen) atoms. The molecule has 0 aromatic carbocycles. The monoisotopic (exact) mass is 276 g/mol. The Hall–Kier alpha value is -1.90. The van der Waals surface area contributed by atoms with Crippen LogP contribution in [0.1, 0.15) is 29.3 Å². The van der Waals surface area contributed by atoms with Crippen molar-refractivity contribution in [2.24, 2.45) is 0 Å². The van der Waals surface area contributed by atoms with Crippen molar-refractivity contribution < 1.29 is 14.6 Å². The van der Waals surface area contributed by atoms with E-state index in [9.17, 15) is 4.79 Å². The summed E-state index contributed by atoms with van der Waals surface area (Å²) < 4.78 is 5.24. The first-order valence-corrected chi connectivity index (χ1v) is 6.57. The van der Waals surface area contributed by atoms with Crippen LogP contribution in [0, 0.1) is 11.8 Å². The number of hydrogen-bond donors (Lipinski definition) is 1. The number of likely N-dealkylation sites (N-methyl/N-ethyl adjacent to an activating group) is 1. The average Bonchev–Trinajstić information content (AvgIpc) is 2.47. The van der Waals surface area contributed by atoms with Crippen molar-refractivity contribution in [3.63, 3.8) is 0 Å². The van der Waals surface area contributed by atoms with E-state index in [0.29, 0.717) is 37.3 Å². The van der Waals surface area contributed by atoms with Gasteiger partial charge >= 0.3 is 0 Å². The third-order valence-electron chi connectivity index (χ3n) is 2.63. The summed E-state index contributed by atoms with van der Waals surface area (Å²) in [6, 6.07) is 1.66. The number of rotatable bonds is 6. The molecule has 0 radical (unpaired) electrons. The molecule has 1 rings (SSSR count). The molecule has 0 unspecified atom stereocenters. The number of amides is 1. The quantitative estimate of drug-likeness (QED) is 0.620. The fraction of sp³-hybridized carbons (Fsp3) is 0.467. The van der Waals surface area contributed by atoms with Gasteiger partial charge in [-0.3, -0.25) is 9.78 Å². The van der Waals surface area contributed by atoms with Crippen molar-refractivity contribution >= 4 is 5.91 Å². The minimum absolute atomic E-state index is 0.00476. The lowest BCUT2D eigenvalue weighted by Gasteiger charge is -2.17. The number of aliphatic hydroxyl groups excluding tert-OH is 1. The molecule has 1 aromatic heterocycles. The zero-order valence-corrected chi connectivity index (χ0v) is 11.9. The van der Waals surface area contributed by atoms with Gasteiger partial charge in [0.05, 0.1) is 24.3 Å². The minimum atomic E-state index is -0.111. The Morgan fingerprint density at radius 1 is 1.55 bits per heavy atom. The molecule has 0 aliphatic carbocycles. The maximum absolute atomic E-state index is 12.3. The Morgan fingerprint density at radius 3 is 3.05 bits per heavy atom. The van der Waals surface area contributed by atoms with Gasteiger partial charge in [-0.15, -0.1) is 0 Å². The largest absolute Gasteiger partial charge is 0.395 e. The Bertz CT molecular complexity index is 491. The lowest BCUT2D eigenvalue weighted by Crippen LogP contribution is -2.30. The first kappa shape index (κ1) is 16.2. The van der Waals surface area contributed by atoms with Gasteiger partial charge in [-0.05, 0) is 13.0 Å². The first-order valence-electron chi connectivity index (χ1n) is 6.57. The maximum Gasteiger partial charge on any atom is 0.255 e. The smallest absolute Gasteiger partial charge is 0.255 e. The number of ether oxygens (including phenoxy) is 1. The Labute approximate surface area is 119 Å². The van der Waals surface area contributed by atoms with Gasteiger partial charge in [0.25, 0.3) is 5.91 Å². The molecule has 5 heteroatoms. The zero-order chi connectivity index (χ0) is 14.8. The van der Waals surface area contributed by atoms with Crippen LogP contribution in [0.4, 0.5) is 0 Å². The van der Waals surface area contributed by atoms with Crippen LogP contribution < -0.4 is 0 Å². The molecule has 0 saturated heterocycles. The summed E-state index contributed by atoms with van der Waals surface area (Å²) in [5.41, 5.74) is 1.10. The van der Waals surface area contributed by atoms with Crippen LogP contribution in [0.15, 0.2) is 18.5 Å². The van der Waals surface area contributed by atoms with Gasteiger partial charge in [-0.2, -0.15) is 0 Å². The second-order valence-corrected chi connectivity index (χ2v) is 4.12.